The van der Waals surface area contributed by atoms with Gasteiger partial charge in [-0.1, -0.05) is 6.07 Å². The number of amides is 1. The lowest BCUT2D eigenvalue weighted by molar-refractivity contribution is -0.137. The smallest absolute Gasteiger partial charge is 0.221 e. The molecule has 8 nitrogen and oxygen atoms in total. The Labute approximate surface area is 240 Å². The molecule has 212 valence electrons. The lowest BCUT2D eigenvalue weighted by Gasteiger charge is -2.34. The number of carbonyl (C=O) groups excluding carboxylic acids is 1. The molecule has 1 amide bonds. The summed E-state index contributed by atoms with van der Waals surface area (Å²) in [7, 11) is 1.68. The molecule has 2 aromatic heterocycles. The van der Waals surface area contributed by atoms with E-state index in [0.717, 1.165) is 81.8 Å². The zero-order valence-electron chi connectivity index (χ0n) is 24.2. The van der Waals surface area contributed by atoms with Crippen molar-refractivity contribution in [2.24, 2.45) is 10.9 Å². The zero-order valence-corrected chi connectivity index (χ0v) is 24.2. The number of piperidine rings is 1. The molecule has 0 spiro atoms. The number of hydrogen-bond donors (Lipinski definition) is 1. The molecule has 41 heavy (non-hydrogen) atoms. The molecule has 2 fully saturated rings. The number of nitrogens with zero attached hydrogens (tertiary/aromatic N) is 5. The van der Waals surface area contributed by atoms with E-state index in [0.29, 0.717) is 6.54 Å². The van der Waals surface area contributed by atoms with E-state index in [4.69, 9.17) is 14.7 Å². The van der Waals surface area contributed by atoms with Crippen molar-refractivity contribution < 1.29 is 14.6 Å². The number of ether oxygens (including phenoxy) is 1. The quantitative estimate of drug-likeness (QED) is 0.348. The second-order valence-electron chi connectivity index (χ2n) is 11.9. The van der Waals surface area contributed by atoms with Crippen LogP contribution in [0.3, 0.4) is 0 Å². The highest BCUT2D eigenvalue weighted by Crippen LogP contribution is 2.50. The van der Waals surface area contributed by atoms with Gasteiger partial charge in [-0.3, -0.25) is 9.79 Å². The first-order chi connectivity index (χ1) is 19.9. The van der Waals surface area contributed by atoms with E-state index in [-0.39, 0.29) is 17.9 Å². The second-order valence-corrected chi connectivity index (χ2v) is 11.9. The summed E-state index contributed by atoms with van der Waals surface area (Å²) in [5.74, 6) is 0.950. The van der Waals surface area contributed by atoms with Gasteiger partial charge in [-0.2, -0.15) is 0 Å². The molecule has 7 rings (SSSR count). The average molecular weight is 552 g/mol. The number of aromatic nitrogens is 2. The molecule has 1 N–H and O–H groups in total. The summed E-state index contributed by atoms with van der Waals surface area (Å²) >= 11 is 0. The molecule has 8 heteroatoms. The van der Waals surface area contributed by atoms with Crippen LogP contribution < -0.4 is 9.64 Å². The van der Waals surface area contributed by atoms with Gasteiger partial charge in [0, 0.05) is 66.3 Å². The highest BCUT2D eigenvalue weighted by atomic mass is 16.5. The number of aliphatic imine (C=N–C) groups is 1. The van der Waals surface area contributed by atoms with Gasteiger partial charge >= 0.3 is 0 Å². The Balaban J connectivity index is 1.54. The Kier molecular flexibility index (Phi) is 6.27. The summed E-state index contributed by atoms with van der Waals surface area (Å²) in [6, 6.07) is 14.8. The molecule has 5 heterocycles. The molecule has 3 aliphatic heterocycles. The zero-order chi connectivity index (χ0) is 28.4. The average Bonchev–Trinajstić information content (AvgIpc) is 3.48. The van der Waals surface area contributed by atoms with E-state index < -0.39 is 12.1 Å². The van der Waals surface area contributed by atoms with E-state index in [1.54, 1.807) is 12.0 Å². The van der Waals surface area contributed by atoms with Crippen molar-refractivity contribution in [3.8, 4) is 5.75 Å². The molecular weight excluding hydrogens is 514 g/mol. The van der Waals surface area contributed by atoms with Crippen LogP contribution in [0.1, 0.15) is 63.1 Å². The Morgan fingerprint density at radius 1 is 1.07 bits per heavy atom. The fourth-order valence-corrected chi connectivity index (χ4v) is 7.17. The summed E-state index contributed by atoms with van der Waals surface area (Å²) < 4.78 is 7.85. The van der Waals surface area contributed by atoms with Crippen LogP contribution in [0.4, 0.5) is 11.5 Å². The standard InChI is InChI=1S/C33H37N5O3/c1-19(2)37-17-24-29(31-27(18-38(20(3)39)33(31)40)34-25-9-8-10-28(37)30(24)25)23-15-21-11-12-22(41-4)16-26(21)35-32(23)36-13-6-5-7-14-36/h8-12,15-17,19,29,31,33,40H,5-7,13-14,18H2,1-4H3/t29-,31-,33+/m1/s1. The van der Waals surface area contributed by atoms with Gasteiger partial charge in [0.05, 0.1) is 36.3 Å². The van der Waals surface area contributed by atoms with Crippen LogP contribution in [0.25, 0.3) is 21.8 Å². The molecule has 2 saturated heterocycles. The third-order valence-electron chi connectivity index (χ3n) is 9.17. The van der Waals surface area contributed by atoms with E-state index in [9.17, 15) is 9.90 Å². The first-order valence-electron chi connectivity index (χ1n) is 14.8. The number of carbonyl (C=O) groups is 1. The maximum atomic E-state index is 12.7. The number of anilines is 1. The van der Waals surface area contributed by atoms with Crippen LogP contribution in [0.15, 0.2) is 53.7 Å². The van der Waals surface area contributed by atoms with Crippen molar-refractivity contribution in [1.82, 2.24) is 14.5 Å². The van der Waals surface area contributed by atoms with Gasteiger partial charge in [0.25, 0.3) is 0 Å². The van der Waals surface area contributed by atoms with Crippen molar-refractivity contribution in [3.05, 3.63) is 59.8 Å². The molecule has 0 radical (unpaired) electrons. The highest BCUT2D eigenvalue weighted by Gasteiger charge is 2.48. The number of aliphatic hydroxyl groups excluding tert-OH is 1. The molecular formula is C33H37N5O3. The monoisotopic (exact) mass is 551 g/mol. The minimum atomic E-state index is -0.983. The Hall–Kier alpha value is -3.91. The molecule has 3 aliphatic rings. The minimum absolute atomic E-state index is 0.148. The first-order valence-corrected chi connectivity index (χ1v) is 14.8. The number of rotatable bonds is 4. The van der Waals surface area contributed by atoms with E-state index in [2.05, 4.69) is 59.8 Å². The molecule has 0 bridgehead atoms. The summed E-state index contributed by atoms with van der Waals surface area (Å²) in [6.45, 7) is 8.11. The number of benzene rings is 2. The van der Waals surface area contributed by atoms with Crippen molar-refractivity contribution in [2.75, 3.05) is 31.6 Å². The van der Waals surface area contributed by atoms with Crippen molar-refractivity contribution in [1.29, 1.82) is 0 Å². The van der Waals surface area contributed by atoms with Crippen molar-refractivity contribution >= 4 is 44.9 Å². The molecule has 0 saturated carbocycles. The lowest BCUT2D eigenvalue weighted by Crippen LogP contribution is -2.38. The van der Waals surface area contributed by atoms with Gasteiger partial charge in [-0.25, -0.2) is 4.98 Å². The second kappa shape index (κ2) is 9.87. The van der Waals surface area contributed by atoms with Crippen LogP contribution in [-0.4, -0.2) is 64.1 Å². The largest absolute Gasteiger partial charge is 0.497 e. The van der Waals surface area contributed by atoms with Gasteiger partial charge in [0.15, 0.2) is 0 Å². The van der Waals surface area contributed by atoms with Gasteiger partial charge in [0.2, 0.25) is 5.91 Å². The maximum Gasteiger partial charge on any atom is 0.221 e. The third-order valence-corrected chi connectivity index (χ3v) is 9.17. The predicted octanol–water partition coefficient (Wildman–Crippen LogP) is 5.78. The van der Waals surface area contributed by atoms with Crippen LogP contribution >= 0.6 is 0 Å². The number of pyridine rings is 1. The molecule has 0 aliphatic carbocycles. The van der Waals surface area contributed by atoms with Gasteiger partial charge in [-0.05, 0) is 69.0 Å². The molecule has 3 atom stereocenters. The van der Waals surface area contributed by atoms with E-state index in [1.807, 2.05) is 12.1 Å². The predicted molar refractivity (Wildman–Crippen MR) is 163 cm³/mol. The van der Waals surface area contributed by atoms with Crippen molar-refractivity contribution in [3.63, 3.8) is 0 Å². The van der Waals surface area contributed by atoms with Gasteiger partial charge in [0.1, 0.15) is 17.8 Å². The van der Waals surface area contributed by atoms with Crippen molar-refractivity contribution in [2.45, 2.75) is 58.2 Å². The van der Waals surface area contributed by atoms with Crippen LogP contribution in [0.2, 0.25) is 0 Å². The third kappa shape index (κ3) is 4.10. The van der Waals surface area contributed by atoms with E-state index >= 15 is 0 Å². The summed E-state index contributed by atoms with van der Waals surface area (Å²) in [4.78, 5) is 27.1. The number of likely N-dealkylation sites (tertiary alicyclic amines) is 1. The van der Waals surface area contributed by atoms with Gasteiger partial charge < -0.3 is 24.2 Å². The number of hydrogen-bond acceptors (Lipinski definition) is 6. The summed E-state index contributed by atoms with van der Waals surface area (Å²) in [6.07, 6.45) is 4.73. The lowest BCUT2D eigenvalue weighted by atomic mass is 9.78. The summed E-state index contributed by atoms with van der Waals surface area (Å²) in [5.41, 5.74) is 5.97. The first kappa shape index (κ1) is 26.0. The fraction of sp³-hybridized carbons (Fsp3) is 0.424. The van der Waals surface area contributed by atoms with E-state index in [1.165, 1.54) is 13.3 Å². The SMILES string of the molecule is COc1ccc2cc([C@@H]3c4cn(C(C)C)c5cccc(c45)N=C4CN(C(C)=O)[C@@H](O)[C@H]43)c(N3CCCCC3)nc2c1. The Morgan fingerprint density at radius 2 is 1.88 bits per heavy atom. The minimum Gasteiger partial charge on any atom is -0.497 e. The van der Waals surface area contributed by atoms with Crippen LogP contribution in [0.5, 0.6) is 5.75 Å². The summed E-state index contributed by atoms with van der Waals surface area (Å²) in [5, 5.41) is 14.0. The van der Waals surface area contributed by atoms with Crippen LogP contribution in [0, 0.1) is 5.92 Å². The normalized spacial score (nSPS) is 22.3. The topological polar surface area (TPSA) is 83.2 Å². The number of aliphatic hydroxyl groups is 1. The fourth-order valence-electron chi connectivity index (χ4n) is 7.17. The Morgan fingerprint density at radius 3 is 2.61 bits per heavy atom. The van der Waals surface area contributed by atoms with Crippen LogP contribution in [-0.2, 0) is 4.79 Å². The number of methoxy groups -OCH3 is 1. The molecule has 2 aromatic carbocycles. The Bertz CT molecular complexity index is 1700. The van der Waals surface area contributed by atoms with Gasteiger partial charge in [-0.15, -0.1) is 0 Å². The highest BCUT2D eigenvalue weighted by molar-refractivity contribution is 6.05. The number of fused-ring (bicyclic) bond motifs is 2. The molecule has 4 aromatic rings. The molecule has 0 unspecified atom stereocenters. The maximum absolute atomic E-state index is 12.7.